The lowest BCUT2D eigenvalue weighted by atomic mass is 10.1. The second kappa shape index (κ2) is 12.0. The summed E-state index contributed by atoms with van der Waals surface area (Å²) in [5.74, 6) is 1.15. The highest BCUT2D eigenvalue weighted by Gasteiger charge is 2.21. The standard InChI is InChI=1S/C29H31N5O3S/c1-19(35)10-11-22-18-38-25-24(22)33-26(21-12-14-30-15-13-21)34-27(25)31-17-23(16-20-8-6-5-7-9-20)32-28(36)37-29(2,3)4/h5-15,18,23H,16-17H2,1-4H3,(H,32,36)(H,31,33,34)/b11-10+. The monoisotopic (exact) mass is 529 g/mol. The molecule has 1 unspecified atom stereocenters. The predicted molar refractivity (Wildman–Crippen MR) is 152 cm³/mol. The van der Waals surface area contributed by atoms with Crippen LogP contribution in [0.1, 0.15) is 38.8 Å². The van der Waals surface area contributed by atoms with Crippen LogP contribution in [0.5, 0.6) is 0 Å². The van der Waals surface area contributed by atoms with Crippen molar-refractivity contribution in [3.05, 3.63) is 77.4 Å². The zero-order valence-corrected chi connectivity index (χ0v) is 22.7. The molecule has 9 heteroatoms. The molecular formula is C29H31N5O3S. The quantitative estimate of drug-likeness (QED) is 0.260. The van der Waals surface area contributed by atoms with Crippen LogP contribution < -0.4 is 10.6 Å². The highest BCUT2D eigenvalue weighted by atomic mass is 32.1. The number of anilines is 1. The number of ether oxygens (including phenoxy) is 1. The van der Waals surface area contributed by atoms with E-state index in [2.05, 4.69) is 15.6 Å². The van der Waals surface area contributed by atoms with E-state index in [1.807, 2.05) is 68.6 Å². The number of pyridine rings is 1. The number of fused-ring (bicyclic) bond motifs is 1. The summed E-state index contributed by atoms with van der Waals surface area (Å²) in [5, 5.41) is 8.41. The van der Waals surface area contributed by atoms with Crippen molar-refractivity contribution >= 4 is 45.3 Å². The number of carbonyl (C=O) groups excluding carboxylic acids is 2. The lowest BCUT2D eigenvalue weighted by Gasteiger charge is -2.24. The van der Waals surface area contributed by atoms with Gasteiger partial charge in [0.25, 0.3) is 0 Å². The average molecular weight is 530 g/mol. The molecule has 0 bridgehead atoms. The Morgan fingerprint density at radius 2 is 1.82 bits per heavy atom. The molecule has 4 aromatic rings. The summed E-state index contributed by atoms with van der Waals surface area (Å²) in [6.07, 6.45) is 6.83. The van der Waals surface area contributed by atoms with Crippen LogP contribution in [-0.2, 0) is 16.0 Å². The van der Waals surface area contributed by atoms with Gasteiger partial charge in [0.15, 0.2) is 11.6 Å². The zero-order valence-electron chi connectivity index (χ0n) is 21.9. The topological polar surface area (TPSA) is 106 Å². The molecular weight excluding hydrogens is 498 g/mol. The summed E-state index contributed by atoms with van der Waals surface area (Å²) in [4.78, 5) is 37.9. The number of nitrogens with zero attached hydrogens (tertiary/aromatic N) is 3. The van der Waals surface area contributed by atoms with E-state index in [1.165, 1.54) is 24.3 Å². The molecule has 0 saturated carbocycles. The second-order valence-corrected chi connectivity index (χ2v) is 10.7. The normalized spacial score (nSPS) is 12.4. The fourth-order valence-corrected chi connectivity index (χ4v) is 4.72. The molecule has 3 heterocycles. The molecule has 1 amide bonds. The lowest BCUT2D eigenvalue weighted by molar-refractivity contribution is -0.112. The Labute approximate surface area is 226 Å². The molecule has 1 aromatic carbocycles. The van der Waals surface area contributed by atoms with Crippen LogP contribution in [0.3, 0.4) is 0 Å². The zero-order chi connectivity index (χ0) is 27.1. The molecule has 0 radical (unpaired) electrons. The summed E-state index contributed by atoms with van der Waals surface area (Å²) >= 11 is 1.50. The third-order valence-electron chi connectivity index (χ3n) is 5.44. The summed E-state index contributed by atoms with van der Waals surface area (Å²) in [6, 6.07) is 13.4. The fraction of sp³-hybridized carbons (Fsp3) is 0.276. The third-order valence-corrected chi connectivity index (χ3v) is 6.43. The molecule has 38 heavy (non-hydrogen) atoms. The Hall–Kier alpha value is -4.11. The number of rotatable bonds is 9. The van der Waals surface area contributed by atoms with Crippen LogP contribution in [0, 0.1) is 0 Å². The first kappa shape index (κ1) is 26.9. The first-order valence-corrected chi connectivity index (χ1v) is 13.2. The number of alkyl carbamates (subject to hydrolysis) is 1. The van der Waals surface area contributed by atoms with Crippen molar-refractivity contribution < 1.29 is 14.3 Å². The molecule has 0 saturated heterocycles. The van der Waals surface area contributed by atoms with Gasteiger partial charge in [-0.2, -0.15) is 0 Å². The van der Waals surface area contributed by atoms with Gasteiger partial charge >= 0.3 is 6.09 Å². The molecule has 0 aliphatic rings. The van der Waals surface area contributed by atoms with Crippen LogP contribution in [0.2, 0.25) is 0 Å². The number of hydrogen-bond acceptors (Lipinski definition) is 8. The van der Waals surface area contributed by atoms with Crippen LogP contribution in [0.25, 0.3) is 27.7 Å². The van der Waals surface area contributed by atoms with Crippen molar-refractivity contribution in [1.29, 1.82) is 0 Å². The van der Waals surface area contributed by atoms with E-state index in [0.29, 0.717) is 24.6 Å². The Kier molecular flexibility index (Phi) is 8.48. The van der Waals surface area contributed by atoms with E-state index in [-0.39, 0.29) is 11.8 Å². The van der Waals surface area contributed by atoms with E-state index in [4.69, 9.17) is 14.7 Å². The smallest absolute Gasteiger partial charge is 0.407 e. The van der Waals surface area contributed by atoms with E-state index in [1.54, 1.807) is 18.5 Å². The number of thiophene rings is 1. The number of ketones is 1. The fourth-order valence-electron chi connectivity index (χ4n) is 3.78. The van der Waals surface area contributed by atoms with Crippen molar-refractivity contribution in [1.82, 2.24) is 20.3 Å². The summed E-state index contributed by atoms with van der Waals surface area (Å²) in [7, 11) is 0. The Bertz CT molecular complexity index is 1430. The largest absolute Gasteiger partial charge is 0.444 e. The molecule has 0 aliphatic heterocycles. The minimum Gasteiger partial charge on any atom is -0.444 e. The summed E-state index contributed by atoms with van der Waals surface area (Å²) in [6.45, 7) is 7.44. The van der Waals surface area contributed by atoms with Gasteiger partial charge in [0.2, 0.25) is 0 Å². The van der Waals surface area contributed by atoms with Crippen LogP contribution in [-0.4, -0.2) is 45.0 Å². The highest BCUT2D eigenvalue weighted by molar-refractivity contribution is 7.18. The predicted octanol–water partition coefficient (Wildman–Crippen LogP) is 5.90. The van der Waals surface area contributed by atoms with Gasteiger partial charge in [-0.05, 0) is 64.0 Å². The minimum absolute atomic E-state index is 0.0388. The van der Waals surface area contributed by atoms with Crippen molar-refractivity contribution in [2.45, 2.75) is 45.8 Å². The molecule has 1 atom stereocenters. The van der Waals surface area contributed by atoms with Crippen molar-refractivity contribution in [3.63, 3.8) is 0 Å². The second-order valence-electron chi connectivity index (χ2n) is 9.86. The summed E-state index contributed by atoms with van der Waals surface area (Å²) < 4.78 is 6.37. The number of amides is 1. The van der Waals surface area contributed by atoms with Crippen molar-refractivity contribution in [2.24, 2.45) is 0 Å². The molecule has 196 valence electrons. The molecule has 0 aliphatic carbocycles. The van der Waals surface area contributed by atoms with Gasteiger partial charge in [-0.1, -0.05) is 30.3 Å². The number of allylic oxidation sites excluding steroid dienone is 1. The van der Waals surface area contributed by atoms with Crippen LogP contribution >= 0.6 is 11.3 Å². The first-order chi connectivity index (χ1) is 18.2. The first-order valence-electron chi connectivity index (χ1n) is 12.3. The molecule has 4 rings (SSSR count). The van der Waals surface area contributed by atoms with Gasteiger partial charge in [-0.3, -0.25) is 9.78 Å². The van der Waals surface area contributed by atoms with Gasteiger partial charge in [0.1, 0.15) is 11.4 Å². The highest BCUT2D eigenvalue weighted by Crippen LogP contribution is 2.33. The number of carbonyl (C=O) groups is 2. The van der Waals surface area contributed by atoms with E-state index in [0.717, 1.165) is 26.9 Å². The van der Waals surface area contributed by atoms with E-state index >= 15 is 0 Å². The molecule has 2 N–H and O–H groups in total. The van der Waals surface area contributed by atoms with Gasteiger partial charge in [-0.15, -0.1) is 11.3 Å². The van der Waals surface area contributed by atoms with Gasteiger partial charge in [-0.25, -0.2) is 14.8 Å². The van der Waals surface area contributed by atoms with Crippen molar-refractivity contribution in [3.8, 4) is 11.4 Å². The lowest BCUT2D eigenvalue weighted by Crippen LogP contribution is -2.43. The Morgan fingerprint density at radius 1 is 1.08 bits per heavy atom. The van der Waals surface area contributed by atoms with Gasteiger partial charge in [0.05, 0.1) is 16.3 Å². The number of hydrogen-bond donors (Lipinski definition) is 2. The molecule has 8 nitrogen and oxygen atoms in total. The maximum absolute atomic E-state index is 12.6. The number of benzene rings is 1. The van der Waals surface area contributed by atoms with Crippen molar-refractivity contribution in [2.75, 3.05) is 11.9 Å². The Balaban J connectivity index is 1.66. The SMILES string of the molecule is CC(=O)/C=C/c1csc2c(NCC(Cc3ccccc3)NC(=O)OC(C)(C)C)nc(-c3ccncc3)nc12. The number of nitrogens with one attached hydrogen (secondary N) is 2. The van der Waals surface area contributed by atoms with Crippen LogP contribution in [0.4, 0.5) is 10.6 Å². The van der Waals surface area contributed by atoms with E-state index < -0.39 is 11.7 Å². The molecule has 0 spiro atoms. The van der Waals surface area contributed by atoms with E-state index in [9.17, 15) is 9.59 Å². The maximum atomic E-state index is 12.6. The van der Waals surface area contributed by atoms with Crippen LogP contribution in [0.15, 0.2) is 66.3 Å². The Morgan fingerprint density at radius 3 is 2.50 bits per heavy atom. The minimum atomic E-state index is -0.603. The maximum Gasteiger partial charge on any atom is 0.407 e. The number of aromatic nitrogens is 3. The van der Waals surface area contributed by atoms with Gasteiger partial charge < -0.3 is 15.4 Å². The van der Waals surface area contributed by atoms with Gasteiger partial charge in [0, 0.05) is 35.4 Å². The average Bonchev–Trinajstić information content (AvgIpc) is 3.29. The molecule has 0 fully saturated rings. The third kappa shape index (κ3) is 7.45. The summed E-state index contributed by atoms with van der Waals surface area (Å²) in [5.41, 5.74) is 2.90. The molecule has 3 aromatic heterocycles.